The number of nitrogens with two attached hydrogens (primary N) is 1. The van der Waals surface area contributed by atoms with Crippen LogP contribution in [0.15, 0.2) is 21.1 Å². The number of carbonyl (C=O) groups excluding carboxylic acids is 2. The number of hydrogen-bond acceptors (Lipinski definition) is 7. The Bertz CT molecular complexity index is 1110. The number of aromatic nitrogens is 2. The Balaban J connectivity index is 1.60. The smallest absolute Gasteiger partial charge is 0.259 e. The molecule has 0 spiro atoms. The summed E-state index contributed by atoms with van der Waals surface area (Å²) in [5.74, 6) is 0.966. The van der Waals surface area contributed by atoms with Gasteiger partial charge in [-0.05, 0) is 45.7 Å². The fourth-order valence-corrected chi connectivity index (χ4v) is 4.02. The average molecular weight is 411 g/mol. The minimum Gasteiger partial charge on any atom is -0.466 e. The second-order valence-electron chi connectivity index (χ2n) is 7.82. The molecule has 3 aromatic heterocycles. The number of aryl methyl sites for hydroxylation is 3. The highest BCUT2D eigenvalue weighted by Crippen LogP contribution is 2.30. The molecule has 2 amide bonds. The number of fused-ring (bicyclic) bond motifs is 1. The fourth-order valence-electron chi connectivity index (χ4n) is 4.02. The van der Waals surface area contributed by atoms with Crippen molar-refractivity contribution in [1.29, 1.82) is 0 Å². The van der Waals surface area contributed by atoms with E-state index >= 15 is 0 Å². The Kier molecular flexibility index (Phi) is 5.29. The number of hydrogen-bond donors (Lipinski definition) is 2. The van der Waals surface area contributed by atoms with Crippen LogP contribution in [0.5, 0.6) is 0 Å². The SMILES string of the molecule is Cc1cc(-c2cc(C(=O)NC3CCN(CC(N)=O)CC3)c3c(C)noc3n2)c(C)o1. The van der Waals surface area contributed by atoms with Crippen LogP contribution in [0.25, 0.3) is 22.4 Å². The average Bonchev–Trinajstić information content (AvgIpc) is 3.23. The lowest BCUT2D eigenvalue weighted by Gasteiger charge is -2.31. The first-order valence-corrected chi connectivity index (χ1v) is 9.97. The maximum absolute atomic E-state index is 13.2. The van der Waals surface area contributed by atoms with Gasteiger partial charge < -0.3 is 20.0 Å². The predicted octanol–water partition coefficient (Wildman–Crippen LogP) is 2.09. The van der Waals surface area contributed by atoms with Crippen molar-refractivity contribution in [2.45, 2.75) is 39.7 Å². The standard InChI is InChI=1S/C21H25N5O4/c1-11-8-15(13(3)29-11)17-9-16(19-12(2)25-30-21(19)24-17)20(28)23-14-4-6-26(7-5-14)10-18(22)27/h8-9,14H,4-7,10H2,1-3H3,(H2,22,27)(H,23,28). The lowest BCUT2D eigenvalue weighted by atomic mass is 10.0. The lowest BCUT2D eigenvalue weighted by Crippen LogP contribution is -2.46. The molecule has 3 aromatic rings. The van der Waals surface area contributed by atoms with Gasteiger partial charge in [0.05, 0.1) is 28.9 Å². The molecule has 9 heteroatoms. The molecule has 0 atom stereocenters. The Labute approximate surface area is 173 Å². The Morgan fingerprint density at radius 3 is 2.60 bits per heavy atom. The number of pyridine rings is 1. The normalized spacial score (nSPS) is 15.6. The Morgan fingerprint density at radius 2 is 1.97 bits per heavy atom. The van der Waals surface area contributed by atoms with E-state index in [2.05, 4.69) is 15.5 Å². The van der Waals surface area contributed by atoms with E-state index in [4.69, 9.17) is 14.7 Å². The van der Waals surface area contributed by atoms with Gasteiger partial charge in [-0.1, -0.05) is 5.16 Å². The molecule has 9 nitrogen and oxygen atoms in total. The third-order valence-electron chi connectivity index (χ3n) is 5.48. The molecule has 0 radical (unpaired) electrons. The third-order valence-corrected chi connectivity index (χ3v) is 5.48. The maximum atomic E-state index is 13.2. The highest BCUT2D eigenvalue weighted by atomic mass is 16.5. The van der Waals surface area contributed by atoms with Crippen molar-refractivity contribution in [2.75, 3.05) is 19.6 Å². The maximum Gasteiger partial charge on any atom is 0.259 e. The summed E-state index contributed by atoms with van der Waals surface area (Å²) in [6.07, 6.45) is 1.51. The summed E-state index contributed by atoms with van der Waals surface area (Å²) >= 11 is 0. The zero-order chi connectivity index (χ0) is 21.4. The Morgan fingerprint density at radius 1 is 1.23 bits per heavy atom. The van der Waals surface area contributed by atoms with E-state index in [1.807, 2.05) is 24.8 Å². The van der Waals surface area contributed by atoms with E-state index in [9.17, 15) is 9.59 Å². The van der Waals surface area contributed by atoms with Crippen LogP contribution in [0.1, 0.15) is 40.4 Å². The molecule has 1 fully saturated rings. The molecule has 1 aliphatic heterocycles. The molecule has 0 aromatic carbocycles. The van der Waals surface area contributed by atoms with E-state index < -0.39 is 0 Å². The summed E-state index contributed by atoms with van der Waals surface area (Å²) in [6.45, 7) is 7.19. The van der Waals surface area contributed by atoms with Crippen LogP contribution in [0.2, 0.25) is 0 Å². The van der Waals surface area contributed by atoms with Crippen molar-refractivity contribution >= 4 is 22.9 Å². The molecule has 1 saturated heterocycles. The second kappa shape index (κ2) is 7.91. The van der Waals surface area contributed by atoms with Crippen LogP contribution in [0.3, 0.4) is 0 Å². The third kappa shape index (κ3) is 3.93. The van der Waals surface area contributed by atoms with Crippen LogP contribution in [-0.2, 0) is 4.79 Å². The molecular formula is C21H25N5O4. The molecular weight excluding hydrogens is 386 g/mol. The van der Waals surface area contributed by atoms with Gasteiger partial charge in [0.15, 0.2) is 0 Å². The van der Waals surface area contributed by atoms with Crippen molar-refractivity contribution in [2.24, 2.45) is 5.73 Å². The molecule has 0 aliphatic carbocycles. The number of furan rings is 1. The van der Waals surface area contributed by atoms with E-state index in [-0.39, 0.29) is 24.4 Å². The largest absolute Gasteiger partial charge is 0.466 e. The highest BCUT2D eigenvalue weighted by molar-refractivity contribution is 6.07. The van der Waals surface area contributed by atoms with Gasteiger partial charge in [0.2, 0.25) is 5.91 Å². The molecule has 0 saturated carbocycles. The van der Waals surface area contributed by atoms with Crippen molar-refractivity contribution in [3.63, 3.8) is 0 Å². The predicted molar refractivity (Wildman–Crippen MR) is 110 cm³/mol. The zero-order valence-corrected chi connectivity index (χ0v) is 17.3. The van der Waals surface area contributed by atoms with Crippen LogP contribution in [0.4, 0.5) is 0 Å². The molecule has 4 rings (SSSR count). The van der Waals surface area contributed by atoms with Crippen molar-refractivity contribution in [3.05, 3.63) is 34.9 Å². The van der Waals surface area contributed by atoms with Gasteiger partial charge in [0.25, 0.3) is 11.6 Å². The minimum absolute atomic E-state index is 0.0198. The Hall–Kier alpha value is -3.20. The summed E-state index contributed by atoms with van der Waals surface area (Å²) in [4.78, 5) is 30.8. The van der Waals surface area contributed by atoms with Crippen LogP contribution in [-0.4, -0.2) is 52.5 Å². The number of carbonyl (C=O) groups is 2. The molecule has 3 N–H and O–H groups in total. The lowest BCUT2D eigenvalue weighted by molar-refractivity contribution is -0.119. The van der Waals surface area contributed by atoms with E-state index in [1.165, 1.54) is 0 Å². The van der Waals surface area contributed by atoms with Gasteiger partial charge >= 0.3 is 0 Å². The van der Waals surface area contributed by atoms with Gasteiger partial charge in [-0.25, -0.2) is 4.98 Å². The first-order valence-electron chi connectivity index (χ1n) is 9.97. The van der Waals surface area contributed by atoms with Gasteiger partial charge in [-0.15, -0.1) is 0 Å². The van der Waals surface area contributed by atoms with Crippen LogP contribution in [0, 0.1) is 20.8 Å². The summed E-state index contributed by atoms with van der Waals surface area (Å²) < 4.78 is 11.0. The zero-order valence-electron chi connectivity index (χ0n) is 17.3. The number of rotatable bonds is 5. The molecule has 0 bridgehead atoms. The van der Waals surface area contributed by atoms with Gasteiger partial charge in [0.1, 0.15) is 11.5 Å². The van der Waals surface area contributed by atoms with Crippen molar-refractivity contribution < 1.29 is 18.5 Å². The number of likely N-dealkylation sites (tertiary alicyclic amines) is 1. The van der Waals surface area contributed by atoms with Gasteiger partial charge in [0, 0.05) is 24.7 Å². The van der Waals surface area contributed by atoms with E-state index in [0.717, 1.165) is 29.9 Å². The summed E-state index contributed by atoms with van der Waals surface area (Å²) in [5.41, 5.74) is 8.11. The quantitative estimate of drug-likeness (QED) is 0.658. The highest BCUT2D eigenvalue weighted by Gasteiger charge is 2.25. The van der Waals surface area contributed by atoms with E-state index in [0.29, 0.717) is 41.1 Å². The molecule has 30 heavy (non-hydrogen) atoms. The topological polar surface area (TPSA) is 127 Å². The first kappa shape index (κ1) is 20.1. The fraction of sp³-hybridized carbons (Fsp3) is 0.429. The van der Waals surface area contributed by atoms with Crippen molar-refractivity contribution in [1.82, 2.24) is 20.4 Å². The van der Waals surface area contributed by atoms with Crippen molar-refractivity contribution in [3.8, 4) is 11.3 Å². The minimum atomic E-state index is -0.336. The monoisotopic (exact) mass is 411 g/mol. The van der Waals surface area contributed by atoms with Gasteiger partial charge in [-0.3, -0.25) is 14.5 Å². The molecule has 158 valence electrons. The molecule has 4 heterocycles. The summed E-state index contributed by atoms with van der Waals surface area (Å²) in [5, 5.41) is 7.72. The first-order chi connectivity index (χ1) is 14.3. The number of nitrogens with zero attached hydrogens (tertiary/aromatic N) is 3. The molecule has 1 aliphatic rings. The summed E-state index contributed by atoms with van der Waals surface area (Å²) in [7, 11) is 0. The number of piperidine rings is 1. The van der Waals surface area contributed by atoms with Crippen LogP contribution >= 0.6 is 0 Å². The number of nitrogens with one attached hydrogen (secondary N) is 1. The van der Waals surface area contributed by atoms with E-state index in [1.54, 1.807) is 13.0 Å². The number of amides is 2. The summed E-state index contributed by atoms with van der Waals surface area (Å²) in [6, 6.07) is 3.68. The molecule has 0 unspecified atom stereocenters. The second-order valence-corrected chi connectivity index (χ2v) is 7.82. The number of primary amides is 1. The van der Waals surface area contributed by atoms with Crippen LogP contribution < -0.4 is 11.1 Å². The van der Waals surface area contributed by atoms with Gasteiger partial charge in [-0.2, -0.15) is 0 Å².